The summed E-state index contributed by atoms with van der Waals surface area (Å²) in [7, 11) is 1.53. The molecule has 1 saturated heterocycles. The highest BCUT2D eigenvalue weighted by Gasteiger charge is 2.39. The lowest BCUT2D eigenvalue weighted by molar-refractivity contribution is -0.121. The highest BCUT2D eigenvalue weighted by molar-refractivity contribution is 5.79. The molecule has 0 unspecified atom stereocenters. The number of likely N-dealkylation sites (N-methyl/N-ethyl adjacent to an activating group) is 1. The van der Waals surface area contributed by atoms with Crippen LogP contribution in [0.1, 0.15) is 29.4 Å². The van der Waals surface area contributed by atoms with E-state index >= 15 is 0 Å². The van der Waals surface area contributed by atoms with E-state index in [0.717, 1.165) is 12.3 Å². The first-order chi connectivity index (χ1) is 18.6. The summed E-state index contributed by atoms with van der Waals surface area (Å²) in [6, 6.07) is 2.01. The number of aromatic nitrogens is 4. The van der Waals surface area contributed by atoms with Crippen LogP contribution in [0, 0.1) is 31.3 Å². The standard InChI is InChI=1S/C25H25F3N8O3/c1-13-22(14(2)35(33-13)12-21(37)29-3)23-30-9-19(28)24(32-23)39-18-10-34(11-18)25(38)36-20(4-5-31-36)15-6-16(26)8-17(27)7-15/h5-9,18,20H,4,10-12H2,1-3H3,(H,29,37)/t20-/m0/s1. The van der Waals surface area contributed by atoms with Crippen molar-refractivity contribution in [3.8, 4) is 17.3 Å². The number of hydrogen-bond acceptors (Lipinski definition) is 7. The van der Waals surface area contributed by atoms with E-state index in [0.29, 0.717) is 28.9 Å². The van der Waals surface area contributed by atoms with E-state index < -0.39 is 35.6 Å². The summed E-state index contributed by atoms with van der Waals surface area (Å²) in [6.07, 6.45) is 2.28. The topological polar surface area (TPSA) is 118 Å². The third kappa shape index (κ3) is 5.13. The molecule has 0 saturated carbocycles. The van der Waals surface area contributed by atoms with Gasteiger partial charge in [-0.2, -0.15) is 19.6 Å². The molecule has 5 rings (SSSR count). The highest BCUT2D eigenvalue weighted by Crippen LogP contribution is 2.32. The average Bonchev–Trinajstić information content (AvgIpc) is 3.46. The predicted octanol–water partition coefficient (Wildman–Crippen LogP) is 2.74. The number of nitrogens with zero attached hydrogens (tertiary/aromatic N) is 7. The van der Waals surface area contributed by atoms with E-state index in [1.54, 1.807) is 13.8 Å². The van der Waals surface area contributed by atoms with Gasteiger partial charge in [-0.3, -0.25) is 9.48 Å². The quantitative estimate of drug-likeness (QED) is 0.512. The smallest absolute Gasteiger partial charge is 0.341 e. The fourth-order valence-electron chi connectivity index (χ4n) is 4.56. The minimum atomic E-state index is -0.770. The Hall–Kier alpha value is -4.49. The molecule has 1 fully saturated rings. The van der Waals surface area contributed by atoms with E-state index in [2.05, 4.69) is 25.5 Å². The van der Waals surface area contributed by atoms with Crippen LogP contribution in [0.25, 0.3) is 11.4 Å². The molecule has 2 aromatic heterocycles. The molecule has 4 heterocycles. The monoisotopic (exact) mass is 542 g/mol. The number of rotatable bonds is 6. The zero-order valence-electron chi connectivity index (χ0n) is 21.4. The van der Waals surface area contributed by atoms with E-state index in [1.807, 2.05) is 0 Å². The van der Waals surface area contributed by atoms with Crippen LogP contribution in [0.4, 0.5) is 18.0 Å². The normalized spacial score (nSPS) is 16.9. The second-order valence-electron chi connectivity index (χ2n) is 9.25. The molecule has 0 aliphatic carbocycles. The van der Waals surface area contributed by atoms with Gasteiger partial charge >= 0.3 is 6.03 Å². The number of carbonyl (C=O) groups excluding carboxylic acids is 2. The fourth-order valence-corrected chi connectivity index (χ4v) is 4.56. The van der Waals surface area contributed by atoms with Crippen LogP contribution in [0.2, 0.25) is 0 Å². The highest BCUT2D eigenvalue weighted by atomic mass is 19.1. The molecular weight excluding hydrogens is 517 g/mol. The second-order valence-corrected chi connectivity index (χ2v) is 9.25. The Labute approximate surface area is 221 Å². The molecule has 2 aliphatic rings. The van der Waals surface area contributed by atoms with Crippen molar-refractivity contribution >= 4 is 18.2 Å². The maximum absolute atomic E-state index is 14.5. The number of amides is 3. The van der Waals surface area contributed by atoms with Gasteiger partial charge in [0.25, 0.3) is 5.88 Å². The van der Waals surface area contributed by atoms with Gasteiger partial charge in [0, 0.05) is 31.4 Å². The van der Waals surface area contributed by atoms with Crippen LogP contribution in [0.3, 0.4) is 0 Å². The van der Waals surface area contributed by atoms with Gasteiger partial charge in [0.05, 0.1) is 36.6 Å². The number of hydrazone groups is 1. The van der Waals surface area contributed by atoms with Crippen molar-refractivity contribution in [2.24, 2.45) is 5.10 Å². The first-order valence-electron chi connectivity index (χ1n) is 12.1. The van der Waals surface area contributed by atoms with Gasteiger partial charge in [0.15, 0.2) is 5.82 Å². The number of carbonyl (C=O) groups is 2. The SMILES string of the molecule is CNC(=O)Cn1nc(C)c(-c2ncc(F)c(OC3CN(C(=O)N4N=CC[C@H]4c4cc(F)cc(F)c4)C3)n2)c1C. The Bertz CT molecular complexity index is 1450. The molecule has 0 radical (unpaired) electrons. The third-order valence-electron chi connectivity index (χ3n) is 6.58. The number of urea groups is 1. The van der Waals surface area contributed by atoms with Gasteiger partial charge in [-0.15, -0.1) is 0 Å². The van der Waals surface area contributed by atoms with Crippen LogP contribution in [-0.4, -0.2) is 74.1 Å². The molecule has 204 valence electrons. The van der Waals surface area contributed by atoms with Crippen molar-refractivity contribution in [2.75, 3.05) is 20.1 Å². The predicted molar refractivity (Wildman–Crippen MR) is 132 cm³/mol. The summed E-state index contributed by atoms with van der Waals surface area (Å²) in [5.41, 5.74) is 2.05. The number of benzene rings is 1. The summed E-state index contributed by atoms with van der Waals surface area (Å²) in [5, 5.41) is 12.2. The molecule has 2 aliphatic heterocycles. The van der Waals surface area contributed by atoms with Gasteiger partial charge in [0.2, 0.25) is 11.7 Å². The molecule has 14 heteroatoms. The summed E-state index contributed by atoms with van der Waals surface area (Å²) in [4.78, 5) is 34.6. The number of aryl methyl sites for hydroxylation is 1. The van der Waals surface area contributed by atoms with Crippen molar-refractivity contribution in [1.82, 2.24) is 35.0 Å². The maximum atomic E-state index is 14.5. The number of halogens is 3. The van der Waals surface area contributed by atoms with E-state index in [9.17, 15) is 22.8 Å². The van der Waals surface area contributed by atoms with Crippen molar-refractivity contribution < 1.29 is 27.5 Å². The van der Waals surface area contributed by atoms with Gasteiger partial charge in [0.1, 0.15) is 24.3 Å². The lowest BCUT2D eigenvalue weighted by atomic mass is 10.0. The van der Waals surface area contributed by atoms with Gasteiger partial charge in [-0.1, -0.05) is 0 Å². The van der Waals surface area contributed by atoms with Crippen LogP contribution in [0.5, 0.6) is 5.88 Å². The largest absolute Gasteiger partial charge is 0.468 e. The molecule has 11 nitrogen and oxygen atoms in total. The van der Waals surface area contributed by atoms with Crippen LogP contribution in [0.15, 0.2) is 29.5 Å². The van der Waals surface area contributed by atoms with Crippen molar-refractivity contribution in [3.63, 3.8) is 0 Å². The summed E-state index contributed by atoms with van der Waals surface area (Å²) in [5.74, 6) is -2.56. The van der Waals surface area contributed by atoms with Crippen molar-refractivity contribution in [2.45, 2.75) is 39.0 Å². The molecule has 1 N–H and O–H groups in total. The van der Waals surface area contributed by atoms with Crippen LogP contribution < -0.4 is 10.1 Å². The number of ether oxygens (including phenoxy) is 1. The molecule has 39 heavy (non-hydrogen) atoms. The van der Waals surface area contributed by atoms with Gasteiger partial charge in [-0.25, -0.2) is 23.6 Å². The van der Waals surface area contributed by atoms with Crippen molar-refractivity contribution in [3.05, 3.63) is 58.8 Å². The number of hydrogen-bond donors (Lipinski definition) is 1. The van der Waals surface area contributed by atoms with E-state index in [1.165, 1.54) is 40.0 Å². The molecule has 3 amide bonds. The first-order valence-corrected chi connectivity index (χ1v) is 12.1. The summed E-state index contributed by atoms with van der Waals surface area (Å²) in [6.45, 7) is 3.77. The molecule has 1 atom stereocenters. The minimum Gasteiger partial charge on any atom is -0.468 e. The molecule has 3 aromatic rings. The first kappa shape index (κ1) is 26.1. The van der Waals surface area contributed by atoms with E-state index in [-0.39, 0.29) is 37.2 Å². The van der Waals surface area contributed by atoms with Gasteiger partial charge < -0.3 is 15.0 Å². The minimum absolute atomic E-state index is 0.00966. The summed E-state index contributed by atoms with van der Waals surface area (Å²) >= 11 is 0. The average molecular weight is 543 g/mol. The molecular formula is C25H25F3N8O3. The Balaban J connectivity index is 1.26. The second kappa shape index (κ2) is 10.3. The molecule has 1 aromatic carbocycles. The van der Waals surface area contributed by atoms with E-state index in [4.69, 9.17) is 4.74 Å². The Morgan fingerprint density at radius 1 is 1.13 bits per heavy atom. The van der Waals surface area contributed by atoms with Crippen LogP contribution >= 0.6 is 0 Å². The Morgan fingerprint density at radius 3 is 2.54 bits per heavy atom. The number of likely N-dealkylation sites (tertiary alicyclic amines) is 1. The Morgan fingerprint density at radius 2 is 1.85 bits per heavy atom. The maximum Gasteiger partial charge on any atom is 0.341 e. The third-order valence-corrected chi connectivity index (χ3v) is 6.58. The lowest BCUT2D eigenvalue weighted by Crippen LogP contribution is -2.59. The Kier molecular flexibility index (Phi) is 6.93. The van der Waals surface area contributed by atoms with Gasteiger partial charge in [-0.05, 0) is 31.5 Å². The summed E-state index contributed by atoms with van der Waals surface area (Å²) < 4.78 is 49.2. The molecule has 0 bridgehead atoms. The fraction of sp³-hybridized carbons (Fsp3) is 0.360. The number of nitrogens with one attached hydrogen (secondary N) is 1. The van der Waals surface area contributed by atoms with Crippen molar-refractivity contribution in [1.29, 1.82) is 0 Å². The lowest BCUT2D eigenvalue weighted by Gasteiger charge is -2.40. The molecule has 0 spiro atoms. The van der Waals surface area contributed by atoms with Crippen LogP contribution in [-0.2, 0) is 11.3 Å². The zero-order chi connectivity index (χ0) is 27.8. The zero-order valence-corrected chi connectivity index (χ0v) is 21.4.